The van der Waals surface area contributed by atoms with E-state index < -0.39 is 0 Å². The first-order chi connectivity index (χ1) is 19.6. The number of likely N-dealkylation sites (tertiary alicyclic amines) is 1. The largest absolute Gasteiger partial charge is 0.350 e. The maximum atomic E-state index is 14.0. The molecule has 1 aromatic heterocycles. The van der Waals surface area contributed by atoms with Crippen LogP contribution in [0.3, 0.4) is 0 Å². The van der Waals surface area contributed by atoms with Crippen molar-refractivity contribution in [2.45, 2.75) is 38.3 Å². The van der Waals surface area contributed by atoms with E-state index in [1.807, 2.05) is 29.2 Å². The number of hydrogen-bond donors (Lipinski definition) is 1. The zero-order valence-electron chi connectivity index (χ0n) is 23.6. The molecule has 4 aromatic rings. The molecule has 2 aliphatic heterocycles. The summed E-state index contributed by atoms with van der Waals surface area (Å²) in [6.45, 7) is 6.97. The number of halogens is 4. The summed E-state index contributed by atoms with van der Waals surface area (Å²) in [6, 6.07) is 24.7. The van der Waals surface area contributed by atoms with Gasteiger partial charge in [-0.3, -0.25) is 14.6 Å². The van der Waals surface area contributed by atoms with Gasteiger partial charge in [0.05, 0.1) is 0 Å². The van der Waals surface area contributed by atoms with Crippen LogP contribution in [0, 0.1) is 0 Å². The number of nitrogens with zero attached hydrogens (tertiary/aromatic N) is 3. The van der Waals surface area contributed by atoms with Gasteiger partial charge in [0.2, 0.25) is 0 Å². The number of aromatic amines is 1. The van der Waals surface area contributed by atoms with Gasteiger partial charge >= 0.3 is 0 Å². The second-order valence-corrected chi connectivity index (χ2v) is 11.9. The number of piperidine rings is 1. The molecule has 1 amide bonds. The van der Waals surface area contributed by atoms with Crippen molar-refractivity contribution in [2.24, 2.45) is 0 Å². The van der Waals surface area contributed by atoms with Gasteiger partial charge in [-0.05, 0) is 67.6 Å². The zero-order valence-corrected chi connectivity index (χ0v) is 26.8. The van der Waals surface area contributed by atoms with Gasteiger partial charge in [0, 0.05) is 65.8 Å². The normalized spacial score (nSPS) is 17.0. The van der Waals surface area contributed by atoms with Crippen molar-refractivity contribution in [3.05, 3.63) is 105 Å². The van der Waals surface area contributed by atoms with Crippen LogP contribution in [0.25, 0.3) is 10.9 Å². The third kappa shape index (κ3) is 7.27. The standard InChI is InChI=1S/C33H36Cl2N4O.2ClH/c34-28-11-6-12-29(35)31(28)25-14-18-38(19-15-25)23-27-26-10-4-5-13-30(26)36-32(27)33(40)39-17-7-16-37(20-21-39)22-24-8-2-1-3-9-24;;/h1-6,8-13,25,36H,7,14-23H2;2*1H. The highest BCUT2D eigenvalue weighted by Crippen LogP contribution is 2.38. The van der Waals surface area contributed by atoms with Gasteiger partial charge in [0.1, 0.15) is 5.69 Å². The van der Waals surface area contributed by atoms with Gasteiger partial charge in [-0.15, -0.1) is 24.8 Å². The Morgan fingerprint density at radius 3 is 2.14 bits per heavy atom. The SMILES string of the molecule is Cl.Cl.O=C(c1[nH]c2ccccc2c1CN1CCC(c2c(Cl)cccc2Cl)CC1)N1CCCN(Cc2ccccc2)CC1. The fraction of sp³-hybridized carbons (Fsp3) is 0.364. The van der Waals surface area contributed by atoms with Crippen LogP contribution in [-0.2, 0) is 13.1 Å². The van der Waals surface area contributed by atoms with Crippen LogP contribution in [0.15, 0.2) is 72.8 Å². The van der Waals surface area contributed by atoms with E-state index in [0.29, 0.717) is 5.92 Å². The Morgan fingerprint density at radius 1 is 0.738 bits per heavy atom. The first kappa shape index (κ1) is 32.7. The molecule has 1 N–H and O–H groups in total. The summed E-state index contributed by atoms with van der Waals surface area (Å²) < 4.78 is 0. The first-order valence-corrected chi connectivity index (χ1v) is 15.1. The highest BCUT2D eigenvalue weighted by molar-refractivity contribution is 6.36. The molecule has 9 heteroatoms. The minimum atomic E-state index is 0. The minimum Gasteiger partial charge on any atom is -0.350 e. The van der Waals surface area contributed by atoms with Crippen LogP contribution in [0.2, 0.25) is 10.0 Å². The van der Waals surface area contributed by atoms with E-state index in [0.717, 1.165) is 109 Å². The lowest BCUT2D eigenvalue weighted by Gasteiger charge is -2.33. The summed E-state index contributed by atoms with van der Waals surface area (Å²) in [5.41, 5.74) is 5.28. The van der Waals surface area contributed by atoms with Crippen LogP contribution in [0.4, 0.5) is 0 Å². The van der Waals surface area contributed by atoms with Crippen molar-refractivity contribution in [3.63, 3.8) is 0 Å². The highest BCUT2D eigenvalue weighted by atomic mass is 35.5. The molecule has 5 nitrogen and oxygen atoms in total. The fourth-order valence-corrected chi connectivity index (χ4v) is 7.09. The Morgan fingerprint density at radius 2 is 1.40 bits per heavy atom. The second kappa shape index (κ2) is 15.0. The lowest BCUT2D eigenvalue weighted by molar-refractivity contribution is 0.0753. The number of amides is 1. The third-order valence-corrected chi connectivity index (χ3v) is 9.19. The van der Waals surface area contributed by atoms with E-state index in [-0.39, 0.29) is 30.7 Å². The highest BCUT2D eigenvalue weighted by Gasteiger charge is 2.28. The fourth-order valence-electron chi connectivity index (χ4n) is 6.38. The number of para-hydroxylation sites is 1. The summed E-state index contributed by atoms with van der Waals surface area (Å²) >= 11 is 13.0. The number of nitrogens with one attached hydrogen (secondary N) is 1. The van der Waals surface area contributed by atoms with E-state index in [1.54, 1.807) is 0 Å². The Bertz CT molecular complexity index is 1450. The number of fused-ring (bicyclic) bond motifs is 1. The predicted molar refractivity (Wildman–Crippen MR) is 179 cm³/mol. The Balaban J connectivity index is 0.00000202. The molecule has 3 heterocycles. The lowest BCUT2D eigenvalue weighted by Crippen LogP contribution is -2.37. The van der Waals surface area contributed by atoms with Crippen LogP contribution >= 0.6 is 48.0 Å². The molecule has 0 spiro atoms. The number of H-pyrrole nitrogens is 1. The Kier molecular flexibility index (Phi) is 11.6. The monoisotopic (exact) mass is 646 g/mol. The number of aromatic nitrogens is 1. The Hall–Kier alpha value is -2.25. The molecule has 0 aliphatic carbocycles. The van der Waals surface area contributed by atoms with Crippen molar-refractivity contribution in [1.29, 1.82) is 0 Å². The van der Waals surface area contributed by atoms with Crippen LogP contribution in [-0.4, -0.2) is 64.9 Å². The van der Waals surface area contributed by atoms with Gasteiger partial charge in [0.25, 0.3) is 5.91 Å². The van der Waals surface area contributed by atoms with Crippen LogP contribution in [0.5, 0.6) is 0 Å². The van der Waals surface area contributed by atoms with E-state index in [4.69, 9.17) is 23.2 Å². The zero-order chi connectivity index (χ0) is 27.5. The smallest absolute Gasteiger partial charge is 0.270 e. The predicted octanol–water partition coefficient (Wildman–Crippen LogP) is 8.05. The van der Waals surface area contributed by atoms with Gasteiger partial charge in [-0.1, -0.05) is 77.8 Å². The Labute approximate surface area is 271 Å². The summed E-state index contributed by atoms with van der Waals surface area (Å²) in [5, 5.41) is 2.66. The molecule has 0 unspecified atom stereocenters. The van der Waals surface area contributed by atoms with Crippen molar-refractivity contribution in [2.75, 3.05) is 39.3 Å². The number of rotatable bonds is 6. The summed E-state index contributed by atoms with van der Waals surface area (Å²) in [5.74, 6) is 0.475. The first-order valence-electron chi connectivity index (χ1n) is 14.4. The molecule has 0 atom stereocenters. The minimum absolute atomic E-state index is 0. The van der Waals surface area contributed by atoms with E-state index in [1.165, 1.54) is 5.56 Å². The molecule has 0 bridgehead atoms. The number of hydrogen-bond acceptors (Lipinski definition) is 3. The maximum absolute atomic E-state index is 14.0. The molecular weight excluding hydrogens is 610 g/mol. The summed E-state index contributed by atoms with van der Waals surface area (Å²) in [7, 11) is 0. The van der Waals surface area contributed by atoms with E-state index in [9.17, 15) is 4.79 Å². The molecule has 42 heavy (non-hydrogen) atoms. The van der Waals surface area contributed by atoms with Gasteiger partial charge in [0.15, 0.2) is 0 Å². The van der Waals surface area contributed by atoms with Gasteiger partial charge in [-0.2, -0.15) is 0 Å². The molecule has 0 saturated carbocycles. The van der Waals surface area contributed by atoms with Crippen LogP contribution < -0.4 is 0 Å². The lowest BCUT2D eigenvalue weighted by atomic mass is 9.89. The third-order valence-electron chi connectivity index (χ3n) is 8.53. The average Bonchev–Trinajstić information content (AvgIpc) is 3.16. The molecule has 6 rings (SSSR count). The quantitative estimate of drug-likeness (QED) is 0.230. The molecule has 3 aromatic carbocycles. The second-order valence-electron chi connectivity index (χ2n) is 11.1. The molecule has 2 fully saturated rings. The topological polar surface area (TPSA) is 42.6 Å². The average molecular weight is 649 g/mol. The molecule has 2 aliphatic rings. The van der Waals surface area contributed by atoms with E-state index in [2.05, 4.69) is 63.3 Å². The van der Waals surface area contributed by atoms with Crippen molar-refractivity contribution in [3.8, 4) is 0 Å². The summed E-state index contributed by atoms with van der Waals surface area (Å²) in [4.78, 5) is 24.5. The van der Waals surface area contributed by atoms with E-state index >= 15 is 0 Å². The number of benzene rings is 3. The maximum Gasteiger partial charge on any atom is 0.270 e. The van der Waals surface area contributed by atoms with Gasteiger partial charge < -0.3 is 9.88 Å². The van der Waals surface area contributed by atoms with Crippen molar-refractivity contribution < 1.29 is 4.79 Å². The van der Waals surface area contributed by atoms with Crippen LogP contribution in [0.1, 0.15) is 52.4 Å². The van der Waals surface area contributed by atoms with Crippen molar-refractivity contribution >= 4 is 64.8 Å². The number of carbonyl (C=O) groups excluding carboxylic acids is 1. The molecule has 0 radical (unpaired) electrons. The van der Waals surface area contributed by atoms with Crippen molar-refractivity contribution in [1.82, 2.24) is 19.7 Å². The number of carbonyl (C=O) groups is 1. The molecular formula is C33H38Cl4N4O. The molecule has 2 saturated heterocycles. The molecule has 224 valence electrons. The van der Waals surface area contributed by atoms with Gasteiger partial charge in [-0.25, -0.2) is 0 Å². The summed E-state index contributed by atoms with van der Waals surface area (Å²) in [6.07, 6.45) is 2.98.